The highest BCUT2D eigenvalue weighted by Crippen LogP contribution is 2.28. The van der Waals surface area contributed by atoms with Crippen LogP contribution in [0.25, 0.3) is 0 Å². The van der Waals surface area contributed by atoms with Gasteiger partial charge in [-0.2, -0.15) is 0 Å². The quantitative estimate of drug-likeness (QED) is 0.492. The van der Waals surface area contributed by atoms with Gasteiger partial charge in [0, 0.05) is 25.0 Å². The van der Waals surface area contributed by atoms with Crippen molar-refractivity contribution in [2.45, 2.75) is 29.9 Å². The lowest BCUT2D eigenvalue weighted by atomic mass is 10.3. The van der Waals surface area contributed by atoms with Crippen LogP contribution in [-0.4, -0.2) is 47.3 Å². The maximum atomic E-state index is 12.7. The molecule has 0 aliphatic carbocycles. The maximum Gasteiger partial charge on any atom is 0.268 e. The first-order chi connectivity index (χ1) is 13.6. The number of aryl methyl sites for hydroxylation is 1. The first-order valence-electron chi connectivity index (χ1n) is 9.03. The molecule has 2 aromatic rings. The Kier molecular flexibility index (Phi) is 7.41. The van der Waals surface area contributed by atoms with E-state index in [1.54, 1.807) is 35.6 Å². The summed E-state index contributed by atoms with van der Waals surface area (Å²) in [5, 5.41) is 3.41. The fourth-order valence-corrected chi connectivity index (χ4v) is 4.63. The van der Waals surface area contributed by atoms with Gasteiger partial charge < -0.3 is 14.8 Å². The molecular weight excluding hydrogens is 398 g/mol. The second-order valence-corrected chi connectivity index (χ2v) is 8.06. The molecule has 7 nitrogen and oxygen atoms in total. The number of thioether (sulfide) groups is 2. The van der Waals surface area contributed by atoms with E-state index in [2.05, 4.69) is 10.3 Å². The molecule has 1 amide bonds. The Morgan fingerprint density at radius 3 is 2.86 bits per heavy atom. The van der Waals surface area contributed by atoms with Gasteiger partial charge in [-0.25, -0.2) is 4.98 Å². The van der Waals surface area contributed by atoms with Crippen LogP contribution in [0.4, 0.5) is 5.69 Å². The fraction of sp³-hybridized carbons (Fsp3) is 0.421. The van der Waals surface area contributed by atoms with Gasteiger partial charge in [0.1, 0.15) is 5.75 Å². The summed E-state index contributed by atoms with van der Waals surface area (Å²) in [6.07, 6.45) is 0.784. The summed E-state index contributed by atoms with van der Waals surface area (Å²) in [7, 11) is 1.59. The number of benzene rings is 1. The monoisotopic (exact) mass is 421 g/mol. The average Bonchev–Trinajstić information content (AvgIpc) is 3.16. The number of aromatic nitrogens is 2. The zero-order valence-corrected chi connectivity index (χ0v) is 17.5. The molecule has 1 aromatic carbocycles. The molecule has 0 saturated carbocycles. The van der Waals surface area contributed by atoms with Crippen molar-refractivity contribution in [1.29, 1.82) is 0 Å². The third kappa shape index (κ3) is 5.09. The normalized spacial score (nSPS) is 12.6. The minimum absolute atomic E-state index is 0.0426. The fourth-order valence-electron chi connectivity index (χ4n) is 2.74. The Balaban J connectivity index is 1.67. The van der Waals surface area contributed by atoms with Crippen LogP contribution in [0, 0.1) is 0 Å². The number of hydrogen-bond acceptors (Lipinski definition) is 7. The summed E-state index contributed by atoms with van der Waals surface area (Å²) in [5.74, 6) is 1.64. The van der Waals surface area contributed by atoms with Gasteiger partial charge in [-0.1, -0.05) is 11.8 Å². The van der Waals surface area contributed by atoms with Crippen LogP contribution in [0.3, 0.4) is 0 Å². The van der Waals surface area contributed by atoms with Crippen molar-refractivity contribution in [3.05, 3.63) is 40.3 Å². The standard InChI is InChI=1S/C19H23N3O4S2/c1-3-26-14-6-4-13(5-7-14)20-16(23)12-28-19-21-15-8-11-27-17(15)18(24)22(19)9-10-25-2/h4-7H,3,8-12H2,1-2H3,(H,20,23). The molecule has 150 valence electrons. The van der Waals surface area contributed by atoms with Gasteiger partial charge in [-0.3, -0.25) is 14.2 Å². The van der Waals surface area contributed by atoms with Crippen molar-refractivity contribution in [2.24, 2.45) is 0 Å². The number of amides is 1. The minimum Gasteiger partial charge on any atom is -0.494 e. The number of carbonyl (C=O) groups is 1. The zero-order valence-electron chi connectivity index (χ0n) is 15.9. The molecule has 1 N–H and O–H groups in total. The molecule has 0 atom stereocenters. The summed E-state index contributed by atoms with van der Waals surface area (Å²) in [6.45, 7) is 3.35. The number of ether oxygens (including phenoxy) is 2. The predicted molar refractivity (Wildman–Crippen MR) is 112 cm³/mol. The molecule has 0 spiro atoms. The molecule has 0 saturated heterocycles. The van der Waals surface area contributed by atoms with Crippen molar-refractivity contribution in [1.82, 2.24) is 9.55 Å². The van der Waals surface area contributed by atoms with E-state index in [1.165, 1.54) is 11.8 Å². The van der Waals surface area contributed by atoms with Crippen molar-refractivity contribution in [3.63, 3.8) is 0 Å². The predicted octanol–water partition coefficient (Wildman–Crippen LogP) is 2.67. The summed E-state index contributed by atoms with van der Waals surface area (Å²) < 4.78 is 12.1. The molecule has 1 aliphatic rings. The van der Waals surface area contributed by atoms with E-state index in [0.29, 0.717) is 30.6 Å². The van der Waals surface area contributed by atoms with E-state index in [1.807, 2.05) is 19.1 Å². The lowest BCUT2D eigenvalue weighted by molar-refractivity contribution is -0.113. The zero-order chi connectivity index (χ0) is 19.9. The summed E-state index contributed by atoms with van der Waals surface area (Å²) in [5.41, 5.74) is 1.49. The molecule has 9 heteroatoms. The second-order valence-electron chi connectivity index (χ2n) is 6.01. The first kappa shape index (κ1) is 20.8. The van der Waals surface area contributed by atoms with Crippen LogP contribution in [-0.2, 0) is 22.5 Å². The Morgan fingerprint density at radius 2 is 2.14 bits per heavy atom. The van der Waals surface area contributed by atoms with Gasteiger partial charge in [0.15, 0.2) is 5.16 Å². The van der Waals surface area contributed by atoms with Gasteiger partial charge in [0.05, 0.1) is 36.1 Å². The molecule has 0 radical (unpaired) electrons. The second kappa shape index (κ2) is 9.99. The lowest BCUT2D eigenvalue weighted by Crippen LogP contribution is -2.27. The minimum atomic E-state index is -0.156. The first-order valence-corrected chi connectivity index (χ1v) is 11.0. The van der Waals surface area contributed by atoms with Gasteiger partial charge in [-0.15, -0.1) is 11.8 Å². The van der Waals surface area contributed by atoms with E-state index < -0.39 is 0 Å². The summed E-state index contributed by atoms with van der Waals surface area (Å²) in [6, 6.07) is 7.22. The SMILES string of the molecule is CCOc1ccc(NC(=O)CSc2nc3c(c(=O)n2CCOC)SCC3)cc1. The highest BCUT2D eigenvalue weighted by Gasteiger charge is 2.22. The summed E-state index contributed by atoms with van der Waals surface area (Å²) in [4.78, 5) is 30.4. The Hall–Kier alpha value is -1.97. The highest BCUT2D eigenvalue weighted by molar-refractivity contribution is 8.00. The number of nitrogens with zero attached hydrogens (tertiary/aromatic N) is 2. The lowest BCUT2D eigenvalue weighted by Gasteiger charge is -2.13. The molecule has 0 unspecified atom stereocenters. The summed E-state index contributed by atoms with van der Waals surface area (Å²) >= 11 is 2.81. The average molecular weight is 422 g/mol. The van der Waals surface area contributed by atoms with Crippen LogP contribution < -0.4 is 15.6 Å². The molecule has 0 bridgehead atoms. The largest absolute Gasteiger partial charge is 0.494 e. The molecular formula is C19H23N3O4S2. The third-order valence-corrected chi connectivity index (χ3v) is 6.13. The van der Waals surface area contributed by atoms with E-state index in [0.717, 1.165) is 28.5 Å². The van der Waals surface area contributed by atoms with E-state index in [9.17, 15) is 9.59 Å². The van der Waals surface area contributed by atoms with Gasteiger partial charge in [0.25, 0.3) is 5.56 Å². The Bertz CT molecular complexity index is 884. The molecule has 28 heavy (non-hydrogen) atoms. The third-order valence-electron chi connectivity index (χ3n) is 4.05. The van der Waals surface area contributed by atoms with Crippen molar-refractivity contribution in [3.8, 4) is 5.75 Å². The van der Waals surface area contributed by atoms with Crippen molar-refractivity contribution < 1.29 is 14.3 Å². The van der Waals surface area contributed by atoms with E-state index >= 15 is 0 Å². The highest BCUT2D eigenvalue weighted by atomic mass is 32.2. The van der Waals surface area contributed by atoms with Crippen LogP contribution in [0.15, 0.2) is 39.1 Å². The number of carbonyl (C=O) groups excluding carboxylic acids is 1. The molecule has 1 aromatic heterocycles. The number of fused-ring (bicyclic) bond motifs is 1. The molecule has 0 fully saturated rings. The number of anilines is 1. The van der Waals surface area contributed by atoms with Crippen molar-refractivity contribution >= 4 is 35.1 Å². The van der Waals surface area contributed by atoms with Gasteiger partial charge in [0.2, 0.25) is 5.91 Å². The van der Waals surface area contributed by atoms with Crippen LogP contribution >= 0.6 is 23.5 Å². The topological polar surface area (TPSA) is 82.5 Å². The van der Waals surface area contributed by atoms with Crippen LogP contribution in [0.1, 0.15) is 12.6 Å². The van der Waals surface area contributed by atoms with E-state index in [4.69, 9.17) is 9.47 Å². The smallest absolute Gasteiger partial charge is 0.268 e. The van der Waals surface area contributed by atoms with Crippen LogP contribution in [0.2, 0.25) is 0 Å². The van der Waals surface area contributed by atoms with Crippen molar-refractivity contribution in [2.75, 3.05) is 37.1 Å². The number of nitrogens with one attached hydrogen (secondary N) is 1. The molecule has 2 heterocycles. The molecule has 3 rings (SSSR count). The Labute approximate surface area is 172 Å². The van der Waals surface area contributed by atoms with Crippen LogP contribution in [0.5, 0.6) is 5.75 Å². The van der Waals surface area contributed by atoms with Gasteiger partial charge in [-0.05, 0) is 31.2 Å². The van der Waals surface area contributed by atoms with Gasteiger partial charge >= 0.3 is 0 Å². The number of hydrogen-bond donors (Lipinski definition) is 1. The number of methoxy groups -OCH3 is 1. The Morgan fingerprint density at radius 1 is 1.36 bits per heavy atom. The number of rotatable bonds is 9. The molecule has 1 aliphatic heterocycles. The van der Waals surface area contributed by atoms with E-state index in [-0.39, 0.29) is 17.2 Å². The maximum absolute atomic E-state index is 12.7.